The summed E-state index contributed by atoms with van der Waals surface area (Å²) in [5, 5.41) is 3.45. The second-order valence-electron chi connectivity index (χ2n) is 5.60. The van der Waals surface area contributed by atoms with Crippen molar-refractivity contribution in [3.05, 3.63) is 29.7 Å². The van der Waals surface area contributed by atoms with Crippen LogP contribution >= 0.6 is 0 Å². The van der Waals surface area contributed by atoms with E-state index in [4.69, 9.17) is 10.2 Å². The molecule has 1 atom stereocenters. The maximum atomic E-state index is 6.03. The van der Waals surface area contributed by atoms with Crippen LogP contribution in [0.4, 0.5) is 0 Å². The van der Waals surface area contributed by atoms with E-state index in [1.807, 2.05) is 20.0 Å². The van der Waals surface area contributed by atoms with E-state index in [-0.39, 0.29) is 5.41 Å². The largest absolute Gasteiger partial charge is 0.441 e. The van der Waals surface area contributed by atoms with Gasteiger partial charge in [0.1, 0.15) is 5.52 Å². The molecule has 0 amide bonds. The maximum absolute atomic E-state index is 6.03. The zero-order chi connectivity index (χ0) is 13.5. The van der Waals surface area contributed by atoms with E-state index in [9.17, 15) is 0 Å². The van der Waals surface area contributed by atoms with E-state index in [0.717, 1.165) is 17.6 Å². The molecule has 19 heavy (non-hydrogen) atoms. The molecule has 4 heteroatoms. The second kappa shape index (κ2) is 4.62. The number of nitrogens with one attached hydrogen (secondary N) is 1. The molecule has 1 aliphatic carbocycles. The van der Waals surface area contributed by atoms with Crippen molar-refractivity contribution in [2.45, 2.75) is 32.2 Å². The van der Waals surface area contributed by atoms with Crippen molar-refractivity contribution < 1.29 is 4.42 Å². The third kappa shape index (κ3) is 1.95. The van der Waals surface area contributed by atoms with E-state index in [1.165, 1.54) is 24.8 Å². The van der Waals surface area contributed by atoms with Gasteiger partial charge in [-0.15, -0.1) is 0 Å². The van der Waals surface area contributed by atoms with Crippen LogP contribution in [0, 0.1) is 12.3 Å². The fourth-order valence-corrected chi connectivity index (χ4v) is 3.31. The summed E-state index contributed by atoms with van der Waals surface area (Å²) >= 11 is 0. The molecule has 1 fully saturated rings. The van der Waals surface area contributed by atoms with Gasteiger partial charge >= 0.3 is 0 Å². The topological polar surface area (TPSA) is 64.1 Å². The Hall–Kier alpha value is -1.39. The summed E-state index contributed by atoms with van der Waals surface area (Å²) < 4.78 is 5.53. The molecule has 1 saturated carbocycles. The van der Waals surface area contributed by atoms with Crippen LogP contribution in [-0.4, -0.2) is 18.6 Å². The molecule has 3 N–H and O–H groups in total. The lowest BCUT2D eigenvalue weighted by Gasteiger charge is -2.47. The molecule has 3 rings (SSSR count). The molecule has 0 radical (unpaired) electrons. The minimum Gasteiger partial charge on any atom is -0.441 e. The van der Waals surface area contributed by atoms with Gasteiger partial charge in [-0.3, -0.25) is 0 Å². The highest BCUT2D eigenvalue weighted by molar-refractivity contribution is 5.73. The Kier molecular flexibility index (Phi) is 3.07. The van der Waals surface area contributed by atoms with Crippen LogP contribution in [0.25, 0.3) is 11.1 Å². The lowest BCUT2D eigenvalue weighted by molar-refractivity contribution is 0.0880. The quantitative estimate of drug-likeness (QED) is 0.885. The van der Waals surface area contributed by atoms with Gasteiger partial charge in [-0.05, 0) is 44.1 Å². The van der Waals surface area contributed by atoms with Crippen molar-refractivity contribution in [3.8, 4) is 0 Å². The summed E-state index contributed by atoms with van der Waals surface area (Å²) in [4.78, 5) is 4.42. The Morgan fingerprint density at radius 3 is 2.84 bits per heavy atom. The van der Waals surface area contributed by atoms with Crippen molar-refractivity contribution in [1.29, 1.82) is 0 Å². The van der Waals surface area contributed by atoms with E-state index in [0.29, 0.717) is 11.9 Å². The number of fused-ring (bicyclic) bond motifs is 1. The van der Waals surface area contributed by atoms with Gasteiger partial charge in [-0.1, -0.05) is 12.5 Å². The summed E-state index contributed by atoms with van der Waals surface area (Å²) in [5.74, 6) is 0.713. The van der Waals surface area contributed by atoms with E-state index in [1.54, 1.807) is 0 Å². The predicted octanol–water partition coefficient (Wildman–Crippen LogP) is 2.53. The molecule has 1 heterocycles. The molecule has 0 spiro atoms. The summed E-state index contributed by atoms with van der Waals surface area (Å²) in [6.45, 7) is 2.61. The molecular formula is C15H21N3O. The summed E-state index contributed by atoms with van der Waals surface area (Å²) in [5.41, 5.74) is 9.28. The highest BCUT2D eigenvalue weighted by Crippen LogP contribution is 2.49. The third-order valence-electron chi connectivity index (χ3n) is 4.51. The number of aryl methyl sites for hydroxylation is 1. The van der Waals surface area contributed by atoms with Crippen molar-refractivity contribution >= 4 is 11.1 Å². The Bertz CT molecular complexity index is 581. The Balaban J connectivity index is 2.01. The first-order chi connectivity index (χ1) is 9.18. The molecule has 4 nitrogen and oxygen atoms in total. The van der Waals surface area contributed by atoms with E-state index >= 15 is 0 Å². The maximum Gasteiger partial charge on any atom is 0.192 e. The number of oxazole rings is 1. The van der Waals surface area contributed by atoms with E-state index in [2.05, 4.69) is 22.4 Å². The van der Waals surface area contributed by atoms with Crippen LogP contribution in [0.5, 0.6) is 0 Å². The lowest BCUT2D eigenvalue weighted by Crippen LogP contribution is -2.47. The molecule has 1 aliphatic rings. The molecule has 1 aromatic carbocycles. The highest BCUT2D eigenvalue weighted by atomic mass is 16.3. The molecular weight excluding hydrogens is 238 g/mol. The van der Waals surface area contributed by atoms with Gasteiger partial charge in [0.15, 0.2) is 11.5 Å². The lowest BCUT2D eigenvalue weighted by atomic mass is 9.62. The number of benzene rings is 1. The summed E-state index contributed by atoms with van der Waals surface area (Å²) in [6, 6.07) is 6.57. The molecule has 1 aromatic heterocycles. The van der Waals surface area contributed by atoms with Crippen LogP contribution in [0.2, 0.25) is 0 Å². The minimum atomic E-state index is 0.210. The number of aromatic nitrogens is 1. The standard InChI is InChI=1S/C15H21N3O/c1-10-18-12-8-11(4-5-13(12)19-10)14(17-2)15(9-16)6-3-7-15/h4-5,8,14,17H,3,6-7,9,16H2,1-2H3. The van der Waals surface area contributed by atoms with Gasteiger partial charge in [0.05, 0.1) is 0 Å². The molecule has 0 bridgehead atoms. The summed E-state index contributed by atoms with van der Waals surface area (Å²) in [7, 11) is 2.01. The van der Waals surface area contributed by atoms with Crippen molar-refractivity contribution in [2.75, 3.05) is 13.6 Å². The fraction of sp³-hybridized carbons (Fsp3) is 0.533. The zero-order valence-electron chi connectivity index (χ0n) is 11.6. The van der Waals surface area contributed by atoms with E-state index < -0.39 is 0 Å². The first kappa shape index (κ1) is 12.6. The molecule has 0 saturated heterocycles. The predicted molar refractivity (Wildman–Crippen MR) is 75.9 cm³/mol. The van der Waals surface area contributed by atoms with Crippen LogP contribution in [0.3, 0.4) is 0 Å². The van der Waals surface area contributed by atoms with Gasteiger partial charge in [0.2, 0.25) is 0 Å². The zero-order valence-corrected chi connectivity index (χ0v) is 11.6. The number of hydrogen-bond acceptors (Lipinski definition) is 4. The van der Waals surface area contributed by atoms with Crippen LogP contribution in [-0.2, 0) is 0 Å². The first-order valence-electron chi connectivity index (χ1n) is 6.93. The first-order valence-corrected chi connectivity index (χ1v) is 6.93. The Morgan fingerprint density at radius 2 is 2.26 bits per heavy atom. The normalized spacial score (nSPS) is 19.3. The second-order valence-corrected chi connectivity index (χ2v) is 5.60. The molecule has 1 unspecified atom stereocenters. The number of rotatable bonds is 4. The molecule has 2 aromatic rings. The van der Waals surface area contributed by atoms with Crippen molar-refractivity contribution in [3.63, 3.8) is 0 Å². The summed E-state index contributed by atoms with van der Waals surface area (Å²) in [6.07, 6.45) is 3.68. The number of hydrogen-bond donors (Lipinski definition) is 2. The average Bonchev–Trinajstić information content (AvgIpc) is 2.72. The number of nitrogens with two attached hydrogens (primary N) is 1. The van der Waals surface area contributed by atoms with Gasteiger partial charge in [-0.25, -0.2) is 4.98 Å². The van der Waals surface area contributed by atoms with Crippen molar-refractivity contribution in [1.82, 2.24) is 10.3 Å². The molecule has 102 valence electrons. The average molecular weight is 259 g/mol. The third-order valence-corrected chi connectivity index (χ3v) is 4.51. The Labute approximate surface area is 113 Å². The monoisotopic (exact) mass is 259 g/mol. The van der Waals surface area contributed by atoms with Crippen LogP contribution < -0.4 is 11.1 Å². The highest BCUT2D eigenvalue weighted by Gasteiger charge is 2.43. The van der Waals surface area contributed by atoms with Gasteiger partial charge in [-0.2, -0.15) is 0 Å². The van der Waals surface area contributed by atoms with Gasteiger partial charge in [0.25, 0.3) is 0 Å². The van der Waals surface area contributed by atoms with Gasteiger partial charge < -0.3 is 15.5 Å². The van der Waals surface area contributed by atoms with Crippen LogP contribution in [0.15, 0.2) is 22.6 Å². The smallest absolute Gasteiger partial charge is 0.192 e. The minimum absolute atomic E-state index is 0.210. The van der Waals surface area contributed by atoms with Gasteiger partial charge in [0, 0.05) is 18.4 Å². The fourth-order valence-electron chi connectivity index (χ4n) is 3.31. The SMILES string of the molecule is CNC(c1ccc2oc(C)nc2c1)C1(CN)CCC1. The van der Waals surface area contributed by atoms with Crippen LogP contribution in [0.1, 0.15) is 36.8 Å². The number of nitrogens with zero attached hydrogens (tertiary/aromatic N) is 1. The molecule has 0 aliphatic heterocycles. The Morgan fingerprint density at radius 1 is 1.47 bits per heavy atom. The van der Waals surface area contributed by atoms with Crippen molar-refractivity contribution in [2.24, 2.45) is 11.1 Å².